The Morgan fingerprint density at radius 3 is 2.38 bits per heavy atom. The number of aliphatic hydroxyl groups is 1. The first kappa shape index (κ1) is 18.1. The molecule has 174 valence electrons. The van der Waals surface area contributed by atoms with E-state index in [-0.39, 0.29) is 5.56 Å². The quantitative estimate of drug-likeness (QED) is 0.562. The molecule has 1 fully saturated rings. The van der Waals surface area contributed by atoms with Crippen LogP contribution in [0.4, 0.5) is 0 Å². The van der Waals surface area contributed by atoms with Crippen LogP contribution in [0.15, 0.2) is 54.6 Å². The smallest absolute Gasteiger partial charge is 0.256 e. The second kappa shape index (κ2) is 9.63. The fourth-order valence-corrected chi connectivity index (χ4v) is 3.99. The van der Waals surface area contributed by atoms with E-state index in [0.29, 0.717) is 11.3 Å². The van der Waals surface area contributed by atoms with Crippen molar-refractivity contribution in [1.82, 2.24) is 5.32 Å². The van der Waals surface area contributed by atoms with Gasteiger partial charge in [0.25, 0.3) is 5.91 Å². The lowest BCUT2D eigenvalue weighted by atomic mass is 9.89. The Labute approximate surface area is 199 Å². The summed E-state index contributed by atoms with van der Waals surface area (Å²) in [6.45, 7) is 0.480. The van der Waals surface area contributed by atoms with E-state index < -0.39 is 42.0 Å². The van der Waals surface area contributed by atoms with Crippen LogP contribution in [0.5, 0.6) is 5.75 Å². The predicted octanol–water partition coefficient (Wildman–Crippen LogP) is 5.14. The number of carbonyl (C=O) groups is 1. The Balaban J connectivity index is 1.91. The molecular weight excluding hydrogens is 402 g/mol. The molecule has 1 amide bonds. The SMILES string of the molecule is [2H]C([2H])(Oc1ccc([C@@H](NC(=O)[C@](O)(c2ccccc2)C([2H])([2H])[2H])C(C)(C)OC)cc1)C1(C)CCCC1. The third kappa shape index (κ3) is 5.51. The van der Waals surface area contributed by atoms with Gasteiger partial charge in [-0.15, -0.1) is 0 Å². The summed E-state index contributed by atoms with van der Waals surface area (Å²) < 4.78 is 52.2. The number of ether oxygens (including phenoxy) is 2. The molecule has 32 heavy (non-hydrogen) atoms. The minimum Gasteiger partial charge on any atom is -0.493 e. The molecule has 0 radical (unpaired) electrons. The summed E-state index contributed by atoms with van der Waals surface area (Å²) >= 11 is 0. The minimum absolute atomic E-state index is 0.0483. The summed E-state index contributed by atoms with van der Waals surface area (Å²) in [5.74, 6) is -0.745. The molecular formula is C27H37NO4. The van der Waals surface area contributed by atoms with Gasteiger partial charge in [0, 0.05) is 16.6 Å². The average molecular weight is 445 g/mol. The summed E-state index contributed by atoms with van der Waals surface area (Å²) in [4.78, 5) is 13.4. The number of carbonyl (C=O) groups excluding carboxylic acids is 1. The number of rotatable bonds is 9. The van der Waals surface area contributed by atoms with E-state index in [1.54, 1.807) is 56.3 Å². The Morgan fingerprint density at radius 2 is 1.81 bits per heavy atom. The fourth-order valence-electron chi connectivity index (χ4n) is 3.99. The van der Waals surface area contributed by atoms with Gasteiger partial charge in [-0.25, -0.2) is 0 Å². The molecule has 0 unspecified atom stereocenters. The number of methoxy groups -OCH3 is 1. The predicted molar refractivity (Wildman–Crippen MR) is 126 cm³/mol. The maximum atomic E-state index is 13.4. The molecule has 5 heteroatoms. The zero-order valence-corrected chi connectivity index (χ0v) is 19.3. The Morgan fingerprint density at radius 1 is 1.19 bits per heavy atom. The van der Waals surface area contributed by atoms with Crippen molar-refractivity contribution in [2.24, 2.45) is 5.41 Å². The topological polar surface area (TPSA) is 67.8 Å². The molecule has 0 bridgehead atoms. The third-order valence-electron chi connectivity index (χ3n) is 6.35. The third-order valence-corrected chi connectivity index (χ3v) is 6.35. The van der Waals surface area contributed by atoms with Crippen molar-refractivity contribution in [3.63, 3.8) is 0 Å². The van der Waals surface area contributed by atoms with E-state index in [1.165, 1.54) is 19.2 Å². The van der Waals surface area contributed by atoms with Crippen LogP contribution in [0, 0.1) is 5.41 Å². The van der Waals surface area contributed by atoms with Crippen LogP contribution in [0.1, 0.15) is 77.3 Å². The lowest BCUT2D eigenvalue weighted by molar-refractivity contribution is -0.142. The first-order valence-corrected chi connectivity index (χ1v) is 11.0. The maximum absolute atomic E-state index is 13.4. The van der Waals surface area contributed by atoms with Crippen molar-refractivity contribution >= 4 is 5.91 Å². The molecule has 0 spiro atoms. The van der Waals surface area contributed by atoms with Crippen LogP contribution in [0.25, 0.3) is 0 Å². The largest absolute Gasteiger partial charge is 0.493 e. The summed E-state index contributed by atoms with van der Waals surface area (Å²) in [5, 5.41) is 13.9. The van der Waals surface area contributed by atoms with Crippen molar-refractivity contribution in [2.75, 3.05) is 13.7 Å². The molecule has 2 aromatic rings. The number of nitrogens with one attached hydrogen (secondary N) is 1. The molecule has 0 aromatic heterocycles. The molecule has 0 saturated heterocycles. The molecule has 2 aromatic carbocycles. The van der Waals surface area contributed by atoms with Gasteiger partial charge >= 0.3 is 0 Å². The zero-order chi connectivity index (χ0) is 27.7. The van der Waals surface area contributed by atoms with E-state index in [0.717, 1.165) is 25.7 Å². The summed E-state index contributed by atoms with van der Waals surface area (Å²) in [6, 6.07) is 13.3. The van der Waals surface area contributed by atoms with Crippen molar-refractivity contribution in [3.05, 3.63) is 65.7 Å². The van der Waals surface area contributed by atoms with Crippen LogP contribution in [-0.4, -0.2) is 30.3 Å². The number of hydrogen-bond donors (Lipinski definition) is 2. The maximum Gasteiger partial charge on any atom is 0.256 e. The second-order valence-corrected chi connectivity index (χ2v) is 9.33. The van der Waals surface area contributed by atoms with Gasteiger partial charge in [0.05, 0.1) is 20.9 Å². The Kier molecular flexibility index (Phi) is 5.45. The Hall–Kier alpha value is -2.37. The molecule has 0 aliphatic heterocycles. The van der Waals surface area contributed by atoms with E-state index >= 15 is 0 Å². The number of benzene rings is 2. The van der Waals surface area contributed by atoms with Gasteiger partial charge in [-0.2, -0.15) is 0 Å². The molecule has 1 aliphatic rings. The van der Waals surface area contributed by atoms with E-state index in [2.05, 4.69) is 5.32 Å². The molecule has 0 heterocycles. The van der Waals surface area contributed by atoms with Crippen LogP contribution in [0.3, 0.4) is 0 Å². The van der Waals surface area contributed by atoms with E-state index in [1.807, 2.05) is 6.92 Å². The van der Waals surface area contributed by atoms with Crippen LogP contribution < -0.4 is 10.1 Å². The molecule has 3 rings (SSSR count). The van der Waals surface area contributed by atoms with E-state index in [4.69, 9.17) is 16.3 Å². The lowest BCUT2D eigenvalue weighted by Crippen LogP contribution is -2.49. The highest BCUT2D eigenvalue weighted by Crippen LogP contribution is 2.38. The van der Waals surface area contributed by atoms with Gasteiger partial charge in [0.15, 0.2) is 5.60 Å². The molecule has 2 N–H and O–H groups in total. The highest BCUT2D eigenvalue weighted by atomic mass is 16.5. The van der Waals surface area contributed by atoms with Crippen molar-refractivity contribution < 1.29 is 26.2 Å². The lowest BCUT2D eigenvalue weighted by Gasteiger charge is -2.36. The first-order valence-electron chi connectivity index (χ1n) is 13.5. The summed E-state index contributed by atoms with van der Waals surface area (Å²) in [6.07, 6.45) is 3.44. The number of hydrogen-bond acceptors (Lipinski definition) is 4. The normalized spacial score (nSPS) is 21.7. The van der Waals surface area contributed by atoms with E-state index in [9.17, 15) is 9.90 Å². The van der Waals surface area contributed by atoms with Gasteiger partial charge in [-0.1, -0.05) is 62.2 Å². The van der Waals surface area contributed by atoms with Gasteiger partial charge < -0.3 is 19.9 Å². The van der Waals surface area contributed by atoms with Crippen molar-refractivity contribution in [2.45, 2.75) is 70.6 Å². The van der Waals surface area contributed by atoms with Gasteiger partial charge in [0.1, 0.15) is 5.75 Å². The van der Waals surface area contributed by atoms with Gasteiger partial charge in [0.2, 0.25) is 0 Å². The molecule has 1 aliphatic carbocycles. The Bertz CT molecular complexity index is 1070. The van der Waals surface area contributed by atoms with Gasteiger partial charge in [-0.3, -0.25) is 4.79 Å². The molecule has 5 nitrogen and oxygen atoms in total. The van der Waals surface area contributed by atoms with Gasteiger partial charge in [-0.05, 0) is 56.8 Å². The highest BCUT2D eigenvalue weighted by molar-refractivity contribution is 5.86. The monoisotopic (exact) mass is 444 g/mol. The molecule has 1 saturated carbocycles. The van der Waals surface area contributed by atoms with Crippen LogP contribution >= 0.6 is 0 Å². The highest BCUT2D eigenvalue weighted by Gasteiger charge is 2.38. The standard InChI is InChI=1S/C27H37NO4/c1-25(2,31-5)23(28-24(29)27(4,30)21-11-7-6-8-12-21)20-13-15-22(16-14-20)32-19-26(3)17-9-10-18-26/h6-8,11-16,23,30H,9-10,17-19H2,1-5H3,(H,28,29)/t23-,27-/m1/s1/i4D3,19D2. The van der Waals surface area contributed by atoms with Crippen LogP contribution in [0.2, 0.25) is 0 Å². The second-order valence-electron chi connectivity index (χ2n) is 9.33. The molecule has 2 atom stereocenters. The first-order chi connectivity index (χ1) is 17.1. The minimum atomic E-state index is -3.04. The van der Waals surface area contributed by atoms with Crippen molar-refractivity contribution in [1.29, 1.82) is 0 Å². The number of amides is 1. The van der Waals surface area contributed by atoms with Crippen molar-refractivity contribution in [3.8, 4) is 5.75 Å². The summed E-state index contributed by atoms with van der Waals surface area (Å²) in [5.41, 5.74) is -3.83. The van der Waals surface area contributed by atoms with Crippen LogP contribution in [-0.2, 0) is 15.1 Å². The fraction of sp³-hybridized carbons (Fsp3) is 0.519. The average Bonchev–Trinajstić information content (AvgIpc) is 3.30. The zero-order valence-electron chi connectivity index (χ0n) is 24.3. The summed E-state index contributed by atoms with van der Waals surface area (Å²) in [7, 11) is 1.47.